The van der Waals surface area contributed by atoms with Gasteiger partial charge in [-0.15, -0.1) is 22.7 Å². The van der Waals surface area contributed by atoms with Gasteiger partial charge >= 0.3 is 5.97 Å². The first-order chi connectivity index (χ1) is 13.5. The fourth-order valence-corrected chi connectivity index (χ4v) is 4.37. The molecular weight excluding hydrogens is 394 g/mol. The average molecular weight is 416 g/mol. The van der Waals surface area contributed by atoms with E-state index in [1.54, 1.807) is 11.6 Å². The molecule has 0 atom stereocenters. The van der Waals surface area contributed by atoms with Crippen molar-refractivity contribution in [3.8, 4) is 0 Å². The van der Waals surface area contributed by atoms with Gasteiger partial charge in [0.05, 0.1) is 16.6 Å². The minimum Gasteiger partial charge on any atom is -0.480 e. The number of carbonyl (C=O) groups is 2. The maximum Gasteiger partial charge on any atom is 0.323 e. The summed E-state index contributed by atoms with van der Waals surface area (Å²) >= 11 is 2.93. The summed E-state index contributed by atoms with van der Waals surface area (Å²) in [6, 6.07) is 10.1. The van der Waals surface area contributed by atoms with Crippen molar-refractivity contribution >= 4 is 34.6 Å². The van der Waals surface area contributed by atoms with Crippen LogP contribution in [0.1, 0.15) is 37.9 Å². The highest BCUT2D eigenvalue weighted by Crippen LogP contribution is 2.19. The minimum absolute atomic E-state index is 0.222. The molecule has 0 radical (unpaired) electrons. The van der Waals surface area contributed by atoms with E-state index < -0.39 is 5.97 Å². The number of rotatable bonds is 9. The van der Waals surface area contributed by atoms with E-state index >= 15 is 0 Å². The van der Waals surface area contributed by atoms with Crippen LogP contribution in [-0.2, 0) is 30.6 Å². The van der Waals surface area contributed by atoms with Crippen LogP contribution in [0, 0.1) is 0 Å². The molecule has 0 unspecified atom stereocenters. The molecular formula is C20H21N3O3S2. The number of carboxylic acids is 1. The molecule has 3 rings (SSSR count). The molecule has 0 fully saturated rings. The normalized spacial score (nSPS) is 10.8. The van der Waals surface area contributed by atoms with Gasteiger partial charge in [0.25, 0.3) is 5.91 Å². The number of aromatic nitrogens is 2. The Balaban J connectivity index is 1.68. The number of hydrogen-bond donors (Lipinski definition) is 1. The maximum absolute atomic E-state index is 12.8. The quantitative estimate of drug-likeness (QED) is 0.576. The zero-order valence-electron chi connectivity index (χ0n) is 15.5. The number of aliphatic carboxylic acids is 1. The van der Waals surface area contributed by atoms with Crippen LogP contribution in [-0.4, -0.2) is 38.4 Å². The van der Waals surface area contributed by atoms with Crippen LogP contribution in [0.5, 0.6) is 0 Å². The van der Waals surface area contributed by atoms with E-state index in [9.17, 15) is 14.7 Å². The fraction of sp³-hybridized carbons (Fsp3) is 0.300. The Hall–Kier alpha value is -2.58. The van der Waals surface area contributed by atoms with E-state index in [0.717, 1.165) is 34.2 Å². The molecule has 1 aromatic carbocycles. The van der Waals surface area contributed by atoms with Crippen LogP contribution < -0.4 is 0 Å². The standard InChI is InChI=1S/C20H21N3O3S2/c1-2-17-21-10-15(28-17)11-23(12-19(24)25)20(26)16-13-27-18(22-16)9-8-14-6-4-3-5-7-14/h3-7,10,13H,2,8-9,11-12H2,1H3,(H,24,25). The summed E-state index contributed by atoms with van der Waals surface area (Å²) in [7, 11) is 0. The molecule has 0 aliphatic heterocycles. The van der Waals surface area contributed by atoms with E-state index in [2.05, 4.69) is 22.1 Å². The Morgan fingerprint density at radius 3 is 2.61 bits per heavy atom. The van der Waals surface area contributed by atoms with Crippen molar-refractivity contribution in [1.29, 1.82) is 0 Å². The van der Waals surface area contributed by atoms with Crippen molar-refractivity contribution < 1.29 is 14.7 Å². The van der Waals surface area contributed by atoms with Crippen molar-refractivity contribution in [1.82, 2.24) is 14.9 Å². The molecule has 146 valence electrons. The van der Waals surface area contributed by atoms with Gasteiger partial charge in [-0.05, 0) is 18.4 Å². The van der Waals surface area contributed by atoms with Crippen LogP contribution in [0.2, 0.25) is 0 Å². The third-order valence-corrected chi connectivity index (χ3v) is 6.14. The molecule has 0 spiro atoms. The molecule has 2 heterocycles. The second-order valence-electron chi connectivity index (χ2n) is 6.24. The summed E-state index contributed by atoms with van der Waals surface area (Å²) in [6.45, 7) is 1.86. The molecule has 1 N–H and O–H groups in total. The highest BCUT2D eigenvalue weighted by Gasteiger charge is 2.22. The Bertz CT molecular complexity index is 937. The zero-order valence-corrected chi connectivity index (χ0v) is 17.1. The summed E-state index contributed by atoms with van der Waals surface area (Å²) < 4.78 is 0. The monoisotopic (exact) mass is 415 g/mol. The average Bonchev–Trinajstić information content (AvgIpc) is 3.35. The molecule has 6 nitrogen and oxygen atoms in total. The first-order valence-corrected chi connectivity index (χ1v) is 10.7. The number of nitrogens with zero attached hydrogens (tertiary/aromatic N) is 3. The predicted octanol–water partition coefficient (Wildman–Crippen LogP) is 3.67. The lowest BCUT2D eigenvalue weighted by molar-refractivity contribution is -0.137. The Kier molecular flexibility index (Phi) is 6.89. The summed E-state index contributed by atoms with van der Waals surface area (Å²) in [4.78, 5) is 35.0. The number of aryl methyl sites for hydroxylation is 3. The van der Waals surface area contributed by atoms with Gasteiger partial charge in [-0.25, -0.2) is 9.97 Å². The van der Waals surface area contributed by atoms with Crippen molar-refractivity contribution in [3.63, 3.8) is 0 Å². The van der Waals surface area contributed by atoms with Crippen LogP contribution in [0.25, 0.3) is 0 Å². The van der Waals surface area contributed by atoms with E-state index in [4.69, 9.17) is 0 Å². The number of benzene rings is 1. The lowest BCUT2D eigenvalue weighted by atomic mass is 10.1. The Morgan fingerprint density at radius 1 is 1.14 bits per heavy atom. The lowest BCUT2D eigenvalue weighted by Gasteiger charge is -2.18. The maximum atomic E-state index is 12.8. The smallest absolute Gasteiger partial charge is 0.323 e. The number of thiazole rings is 2. The third kappa shape index (κ3) is 5.46. The fourth-order valence-electron chi connectivity index (χ4n) is 2.72. The van der Waals surface area contributed by atoms with E-state index in [1.807, 2.05) is 25.1 Å². The topological polar surface area (TPSA) is 83.4 Å². The van der Waals surface area contributed by atoms with E-state index in [0.29, 0.717) is 5.69 Å². The van der Waals surface area contributed by atoms with Crippen molar-refractivity contribution in [2.24, 2.45) is 0 Å². The SMILES string of the molecule is CCc1ncc(CN(CC(=O)O)C(=O)c2csc(CCc3ccccc3)n2)s1. The van der Waals surface area contributed by atoms with Crippen molar-refractivity contribution in [2.45, 2.75) is 32.7 Å². The number of carbonyl (C=O) groups excluding carboxylic acids is 1. The second-order valence-corrected chi connectivity index (χ2v) is 8.38. The van der Waals surface area contributed by atoms with Crippen LogP contribution >= 0.6 is 22.7 Å². The molecule has 0 aliphatic carbocycles. The molecule has 0 saturated heterocycles. The highest BCUT2D eigenvalue weighted by molar-refractivity contribution is 7.11. The van der Waals surface area contributed by atoms with Gasteiger partial charge in [-0.3, -0.25) is 9.59 Å². The first kappa shape index (κ1) is 20.2. The van der Waals surface area contributed by atoms with Gasteiger partial charge in [-0.1, -0.05) is 37.3 Å². The van der Waals surface area contributed by atoms with Crippen LogP contribution in [0.3, 0.4) is 0 Å². The van der Waals surface area contributed by atoms with Gasteiger partial charge in [0.1, 0.15) is 12.2 Å². The van der Waals surface area contributed by atoms with Crippen molar-refractivity contribution in [3.05, 3.63) is 68.1 Å². The van der Waals surface area contributed by atoms with Gasteiger partial charge in [0, 0.05) is 22.9 Å². The van der Waals surface area contributed by atoms with Crippen LogP contribution in [0.15, 0.2) is 41.9 Å². The predicted molar refractivity (Wildman–Crippen MR) is 110 cm³/mol. The lowest BCUT2D eigenvalue weighted by Crippen LogP contribution is -2.35. The summed E-state index contributed by atoms with van der Waals surface area (Å²) in [5.41, 5.74) is 1.52. The number of amides is 1. The van der Waals surface area contributed by atoms with Gasteiger partial charge in [-0.2, -0.15) is 0 Å². The first-order valence-electron chi connectivity index (χ1n) is 8.98. The highest BCUT2D eigenvalue weighted by atomic mass is 32.1. The molecule has 1 amide bonds. The van der Waals surface area contributed by atoms with Crippen molar-refractivity contribution in [2.75, 3.05) is 6.54 Å². The molecule has 28 heavy (non-hydrogen) atoms. The number of carboxylic acid groups (broad SMARTS) is 1. The second kappa shape index (κ2) is 9.57. The molecule has 3 aromatic rings. The molecule has 8 heteroatoms. The Labute approximate surface area is 171 Å². The molecule has 2 aromatic heterocycles. The Morgan fingerprint density at radius 2 is 1.93 bits per heavy atom. The van der Waals surface area contributed by atoms with Crippen LogP contribution in [0.4, 0.5) is 0 Å². The number of hydrogen-bond acceptors (Lipinski definition) is 6. The molecule has 0 aliphatic rings. The summed E-state index contributed by atoms with van der Waals surface area (Å²) in [6.07, 6.45) is 4.11. The molecule has 0 saturated carbocycles. The largest absolute Gasteiger partial charge is 0.480 e. The van der Waals surface area contributed by atoms with Gasteiger partial charge in [0.15, 0.2) is 0 Å². The minimum atomic E-state index is -1.05. The van der Waals surface area contributed by atoms with E-state index in [-0.39, 0.29) is 19.0 Å². The summed E-state index contributed by atoms with van der Waals surface area (Å²) in [5, 5.41) is 12.7. The van der Waals surface area contributed by atoms with Gasteiger partial charge in [0.2, 0.25) is 0 Å². The van der Waals surface area contributed by atoms with Gasteiger partial charge < -0.3 is 10.0 Å². The third-order valence-electron chi connectivity index (χ3n) is 4.11. The summed E-state index contributed by atoms with van der Waals surface area (Å²) in [5.74, 6) is -1.41. The zero-order chi connectivity index (χ0) is 19.9. The van der Waals surface area contributed by atoms with E-state index in [1.165, 1.54) is 33.1 Å². The molecule has 0 bridgehead atoms.